The van der Waals surface area contributed by atoms with Gasteiger partial charge in [-0.2, -0.15) is 0 Å². The molecule has 7 heteroatoms. The van der Waals surface area contributed by atoms with Gasteiger partial charge in [0.1, 0.15) is 5.76 Å². The quantitative estimate of drug-likeness (QED) is 0.634. The summed E-state index contributed by atoms with van der Waals surface area (Å²) in [4.78, 5) is 13.7. The summed E-state index contributed by atoms with van der Waals surface area (Å²) in [5, 5.41) is 3.63. The van der Waals surface area contributed by atoms with Gasteiger partial charge in [0.25, 0.3) is 0 Å². The molecule has 2 aliphatic rings. The molecule has 0 bridgehead atoms. The molecule has 2 aromatic heterocycles. The highest BCUT2D eigenvalue weighted by Gasteiger charge is 2.30. The van der Waals surface area contributed by atoms with Gasteiger partial charge in [-0.1, -0.05) is 6.92 Å². The van der Waals surface area contributed by atoms with Crippen LogP contribution in [0.4, 0.5) is 0 Å². The first-order chi connectivity index (χ1) is 13.8. The van der Waals surface area contributed by atoms with Crippen LogP contribution >= 0.6 is 0 Å². The Morgan fingerprint density at radius 2 is 2.21 bits per heavy atom. The molecule has 3 atom stereocenters. The first-order valence-electron chi connectivity index (χ1n) is 10.5. The highest BCUT2D eigenvalue weighted by Crippen LogP contribution is 2.28. The SMILES string of the molecule is CN=C(NCC(c1ccco1)N1CCCC1)N1CCC(C)C(n2ccnc2)C1. The summed E-state index contributed by atoms with van der Waals surface area (Å²) < 4.78 is 7.99. The number of aromatic nitrogens is 2. The Morgan fingerprint density at radius 3 is 2.89 bits per heavy atom. The Kier molecular flexibility index (Phi) is 6.00. The Morgan fingerprint density at radius 1 is 1.36 bits per heavy atom. The third-order valence-corrected chi connectivity index (χ3v) is 6.24. The summed E-state index contributed by atoms with van der Waals surface area (Å²) in [6, 6.07) is 4.75. The number of hydrogen-bond donors (Lipinski definition) is 1. The molecule has 2 fully saturated rings. The van der Waals surface area contributed by atoms with Gasteiger partial charge < -0.3 is 19.2 Å². The molecule has 2 aromatic rings. The Bertz CT molecular complexity index is 735. The van der Waals surface area contributed by atoms with E-state index in [0.717, 1.165) is 50.9 Å². The van der Waals surface area contributed by atoms with Crippen LogP contribution in [-0.2, 0) is 0 Å². The van der Waals surface area contributed by atoms with E-state index in [9.17, 15) is 0 Å². The number of aliphatic imine (C=N–C) groups is 1. The van der Waals surface area contributed by atoms with Gasteiger partial charge in [0, 0.05) is 39.1 Å². The molecule has 152 valence electrons. The van der Waals surface area contributed by atoms with Crippen molar-refractivity contribution in [1.82, 2.24) is 24.7 Å². The van der Waals surface area contributed by atoms with E-state index in [0.29, 0.717) is 12.0 Å². The van der Waals surface area contributed by atoms with Crippen molar-refractivity contribution in [1.29, 1.82) is 0 Å². The largest absolute Gasteiger partial charge is 0.468 e. The van der Waals surface area contributed by atoms with E-state index in [2.05, 4.69) is 48.8 Å². The van der Waals surface area contributed by atoms with E-state index >= 15 is 0 Å². The fourth-order valence-corrected chi connectivity index (χ4v) is 4.56. The van der Waals surface area contributed by atoms with Crippen LogP contribution in [0.3, 0.4) is 0 Å². The van der Waals surface area contributed by atoms with Crippen molar-refractivity contribution >= 4 is 5.96 Å². The van der Waals surface area contributed by atoms with E-state index in [1.807, 2.05) is 25.6 Å². The van der Waals surface area contributed by atoms with Crippen molar-refractivity contribution in [2.45, 2.75) is 38.3 Å². The number of nitrogens with one attached hydrogen (secondary N) is 1. The summed E-state index contributed by atoms with van der Waals surface area (Å²) in [7, 11) is 1.88. The van der Waals surface area contributed by atoms with Crippen LogP contribution < -0.4 is 5.32 Å². The number of furan rings is 1. The maximum atomic E-state index is 5.75. The third-order valence-electron chi connectivity index (χ3n) is 6.24. The van der Waals surface area contributed by atoms with Crippen molar-refractivity contribution in [2.24, 2.45) is 10.9 Å². The first kappa shape index (κ1) is 19.1. The smallest absolute Gasteiger partial charge is 0.193 e. The molecule has 1 N–H and O–H groups in total. The van der Waals surface area contributed by atoms with Gasteiger partial charge in [0.2, 0.25) is 0 Å². The van der Waals surface area contributed by atoms with Gasteiger partial charge in [-0.05, 0) is 50.4 Å². The maximum Gasteiger partial charge on any atom is 0.193 e. The number of hydrogen-bond acceptors (Lipinski definition) is 4. The second-order valence-corrected chi connectivity index (χ2v) is 7.99. The number of imidazole rings is 1. The molecular weight excluding hydrogens is 352 g/mol. The van der Waals surface area contributed by atoms with Gasteiger partial charge in [-0.15, -0.1) is 0 Å². The van der Waals surface area contributed by atoms with E-state index in [1.165, 1.54) is 12.8 Å². The lowest BCUT2D eigenvalue weighted by atomic mass is 9.93. The van der Waals surface area contributed by atoms with Gasteiger partial charge in [-0.25, -0.2) is 4.98 Å². The van der Waals surface area contributed by atoms with Crippen molar-refractivity contribution in [3.05, 3.63) is 42.9 Å². The normalized spacial score (nSPS) is 25.2. The lowest BCUT2D eigenvalue weighted by Crippen LogP contribution is -2.50. The molecule has 0 aromatic carbocycles. The molecule has 28 heavy (non-hydrogen) atoms. The van der Waals surface area contributed by atoms with Crippen LogP contribution in [0.1, 0.15) is 44.0 Å². The highest BCUT2D eigenvalue weighted by molar-refractivity contribution is 5.80. The van der Waals surface area contributed by atoms with Crippen molar-refractivity contribution in [3.63, 3.8) is 0 Å². The van der Waals surface area contributed by atoms with Crippen LogP contribution in [0.2, 0.25) is 0 Å². The Hall–Kier alpha value is -2.28. The van der Waals surface area contributed by atoms with Crippen molar-refractivity contribution in [3.8, 4) is 0 Å². The molecule has 0 spiro atoms. The van der Waals surface area contributed by atoms with Crippen LogP contribution in [-0.4, -0.2) is 65.1 Å². The lowest BCUT2D eigenvalue weighted by Gasteiger charge is -2.39. The molecule has 0 saturated carbocycles. The van der Waals surface area contributed by atoms with E-state index < -0.39 is 0 Å². The molecule has 2 saturated heterocycles. The topological polar surface area (TPSA) is 61.8 Å². The summed E-state index contributed by atoms with van der Waals surface area (Å²) in [6.45, 7) is 7.39. The monoisotopic (exact) mass is 384 g/mol. The summed E-state index contributed by atoms with van der Waals surface area (Å²) in [5.74, 6) is 2.64. The number of nitrogens with zero attached hydrogens (tertiary/aromatic N) is 5. The summed E-state index contributed by atoms with van der Waals surface area (Å²) in [5.41, 5.74) is 0. The molecule has 0 radical (unpaired) electrons. The van der Waals surface area contributed by atoms with Crippen molar-refractivity contribution in [2.75, 3.05) is 39.8 Å². The summed E-state index contributed by atoms with van der Waals surface area (Å²) in [6.07, 6.45) is 11.3. The standard InChI is InChI=1S/C21H32N6O/c1-17-7-11-26(15-19(17)27-12-8-23-16-27)21(22-2)24-14-18(20-6-5-13-28-20)25-9-3-4-10-25/h5-6,8,12-13,16-19H,3-4,7,9-11,14-15H2,1-2H3,(H,22,24). The second kappa shape index (κ2) is 8.82. The minimum absolute atomic E-state index is 0.252. The Labute approximate surface area is 167 Å². The van der Waals surface area contributed by atoms with E-state index in [1.54, 1.807) is 6.26 Å². The zero-order valence-electron chi connectivity index (χ0n) is 17.0. The zero-order chi connectivity index (χ0) is 19.3. The minimum Gasteiger partial charge on any atom is -0.468 e. The van der Waals surface area contributed by atoms with Gasteiger partial charge >= 0.3 is 0 Å². The molecular formula is C21H32N6O. The highest BCUT2D eigenvalue weighted by atomic mass is 16.3. The van der Waals surface area contributed by atoms with Gasteiger partial charge in [0.15, 0.2) is 5.96 Å². The zero-order valence-corrected chi connectivity index (χ0v) is 17.0. The van der Waals surface area contributed by atoms with Gasteiger partial charge in [-0.3, -0.25) is 9.89 Å². The molecule has 3 unspecified atom stereocenters. The summed E-state index contributed by atoms with van der Waals surface area (Å²) >= 11 is 0. The molecule has 4 rings (SSSR count). The number of piperidine rings is 1. The fraction of sp³-hybridized carbons (Fsp3) is 0.619. The Balaban J connectivity index is 1.42. The van der Waals surface area contributed by atoms with E-state index in [4.69, 9.17) is 4.42 Å². The predicted molar refractivity (Wildman–Crippen MR) is 110 cm³/mol. The number of likely N-dealkylation sites (tertiary alicyclic amines) is 2. The molecule has 4 heterocycles. The van der Waals surface area contributed by atoms with Crippen molar-refractivity contribution < 1.29 is 4.42 Å². The third kappa shape index (κ3) is 4.09. The van der Waals surface area contributed by atoms with Crippen LogP contribution in [0.15, 0.2) is 46.5 Å². The lowest BCUT2D eigenvalue weighted by molar-refractivity contribution is 0.184. The molecule has 7 nitrogen and oxygen atoms in total. The number of rotatable bonds is 5. The number of guanidine groups is 1. The van der Waals surface area contributed by atoms with Crippen LogP contribution in [0, 0.1) is 5.92 Å². The fourth-order valence-electron chi connectivity index (χ4n) is 4.56. The van der Waals surface area contributed by atoms with Crippen LogP contribution in [0.25, 0.3) is 0 Å². The predicted octanol–water partition coefficient (Wildman–Crippen LogP) is 2.77. The average Bonchev–Trinajstić information content (AvgIpc) is 3.50. The second-order valence-electron chi connectivity index (χ2n) is 7.99. The first-order valence-corrected chi connectivity index (χ1v) is 10.5. The maximum absolute atomic E-state index is 5.75. The van der Waals surface area contributed by atoms with Crippen LogP contribution in [0.5, 0.6) is 0 Å². The minimum atomic E-state index is 0.252. The van der Waals surface area contributed by atoms with E-state index in [-0.39, 0.29) is 6.04 Å². The molecule has 0 aliphatic carbocycles. The molecule has 2 aliphatic heterocycles. The van der Waals surface area contributed by atoms with Gasteiger partial charge in [0.05, 0.1) is 24.7 Å². The average molecular weight is 385 g/mol. The molecule has 0 amide bonds.